The van der Waals surface area contributed by atoms with Gasteiger partial charge in [-0.05, 0) is 55.6 Å². The molecule has 0 radical (unpaired) electrons. The van der Waals surface area contributed by atoms with Crippen LogP contribution >= 0.6 is 0 Å². The number of benzene rings is 2. The van der Waals surface area contributed by atoms with Crippen LogP contribution in [0, 0.1) is 0 Å². The van der Waals surface area contributed by atoms with Gasteiger partial charge in [0.25, 0.3) is 5.91 Å². The molecule has 1 N–H and O–H groups in total. The minimum absolute atomic E-state index is 0.140. The van der Waals surface area contributed by atoms with Crippen LogP contribution in [0.25, 0.3) is 0 Å². The zero-order chi connectivity index (χ0) is 21.3. The fraction of sp³-hybridized carbons (Fsp3) is 0.400. The van der Waals surface area contributed by atoms with Gasteiger partial charge in [0, 0.05) is 24.2 Å². The van der Waals surface area contributed by atoms with E-state index in [0.717, 1.165) is 17.7 Å². The van der Waals surface area contributed by atoms with E-state index in [0.29, 0.717) is 30.0 Å². The topological polar surface area (TPSA) is 50.8 Å². The van der Waals surface area contributed by atoms with E-state index in [1.54, 1.807) is 26.4 Å². The molecule has 160 valence electrons. The lowest BCUT2D eigenvalue weighted by Gasteiger charge is -2.26. The van der Waals surface area contributed by atoms with Crippen molar-refractivity contribution >= 4 is 5.91 Å². The quantitative estimate of drug-likeness (QED) is 0.627. The molecule has 3 rings (SSSR count). The number of nitrogens with zero attached hydrogens (tertiary/aromatic N) is 1. The summed E-state index contributed by atoms with van der Waals surface area (Å²) in [6.45, 7) is 7.65. The number of carbonyl (C=O) groups excluding carboxylic acids is 1. The third-order valence-electron chi connectivity index (χ3n) is 5.51. The van der Waals surface area contributed by atoms with Crippen molar-refractivity contribution in [3.8, 4) is 11.5 Å². The molecule has 5 nitrogen and oxygen atoms in total. The zero-order valence-electron chi connectivity index (χ0n) is 18.1. The maximum absolute atomic E-state index is 12.7. The predicted molar refractivity (Wildman–Crippen MR) is 120 cm³/mol. The first-order chi connectivity index (χ1) is 14.6. The molecule has 0 saturated carbocycles. The highest BCUT2D eigenvalue weighted by atomic mass is 16.5. The zero-order valence-corrected chi connectivity index (χ0v) is 18.1. The third-order valence-corrected chi connectivity index (χ3v) is 5.51. The molecule has 2 aromatic carbocycles. The Labute approximate surface area is 179 Å². The molecule has 1 aliphatic rings. The lowest BCUT2D eigenvalue weighted by molar-refractivity contribution is 0.0950. The van der Waals surface area contributed by atoms with Crippen LogP contribution < -0.4 is 14.8 Å². The minimum atomic E-state index is -0.140. The maximum Gasteiger partial charge on any atom is 0.251 e. The van der Waals surface area contributed by atoms with Gasteiger partial charge in [-0.1, -0.05) is 36.8 Å². The van der Waals surface area contributed by atoms with Gasteiger partial charge in [-0.3, -0.25) is 9.69 Å². The summed E-state index contributed by atoms with van der Waals surface area (Å²) in [6.07, 6.45) is 6.33. The number of amides is 1. The second kappa shape index (κ2) is 10.8. The van der Waals surface area contributed by atoms with Crippen molar-refractivity contribution in [1.29, 1.82) is 0 Å². The lowest BCUT2D eigenvalue weighted by Crippen LogP contribution is -2.29. The number of hydrogen-bond acceptors (Lipinski definition) is 4. The normalized spacial score (nSPS) is 14.2. The highest BCUT2D eigenvalue weighted by Gasteiger charge is 2.16. The van der Waals surface area contributed by atoms with Crippen LogP contribution in [-0.4, -0.2) is 38.1 Å². The Morgan fingerprint density at radius 2 is 1.77 bits per heavy atom. The molecule has 0 aromatic heterocycles. The van der Waals surface area contributed by atoms with Crippen LogP contribution in [0.1, 0.15) is 46.3 Å². The molecule has 1 fully saturated rings. The van der Waals surface area contributed by atoms with Gasteiger partial charge >= 0.3 is 0 Å². The van der Waals surface area contributed by atoms with Gasteiger partial charge in [-0.2, -0.15) is 0 Å². The molecular formula is C25H32N2O3. The van der Waals surface area contributed by atoms with Gasteiger partial charge in [0.15, 0.2) is 11.5 Å². The average molecular weight is 409 g/mol. The summed E-state index contributed by atoms with van der Waals surface area (Å²) in [5.41, 5.74) is 3.82. The van der Waals surface area contributed by atoms with Crippen molar-refractivity contribution in [3.63, 3.8) is 0 Å². The van der Waals surface area contributed by atoms with Crippen LogP contribution in [0.4, 0.5) is 0 Å². The molecule has 0 bridgehead atoms. The summed E-state index contributed by atoms with van der Waals surface area (Å²) in [5, 5.41) is 3.00. The molecule has 0 atom stereocenters. The largest absolute Gasteiger partial charge is 0.493 e. The molecule has 1 aliphatic heterocycles. The van der Waals surface area contributed by atoms with Crippen LogP contribution in [0.15, 0.2) is 49.1 Å². The van der Waals surface area contributed by atoms with Crippen molar-refractivity contribution in [2.24, 2.45) is 0 Å². The number of piperidine rings is 1. The summed E-state index contributed by atoms with van der Waals surface area (Å²) in [4.78, 5) is 15.2. The summed E-state index contributed by atoms with van der Waals surface area (Å²) in [6, 6.07) is 12.1. The van der Waals surface area contributed by atoms with Gasteiger partial charge in [0.05, 0.1) is 14.2 Å². The molecule has 1 heterocycles. The average Bonchev–Trinajstić information content (AvgIpc) is 2.78. The Bertz CT molecular complexity index is 855. The molecular weight excluding hydrogens is 376 g/mol. The maximum atomic E-state index is 12.7. The van der Waals surface area contributed by atoms with Gasteiger partial charge in [-0.15, -0.1) is 6.58 Å². The van der Waals surface area contributed by atoms with Crippen molar-refractivity contribution in [2.45, 2.75) is 38.8 Å². The van der Waals surface area contributed by atoms with Gasteiger partial charge in [-0.25, -0.2) is 0 Å². The Morgan fingerprint density at radius 3 is 2.40 bits per heavy atom. The third kappa shape index (κ3) is 5.63. The SMILES string of the molecule is C=CCc1cc(C(=O)NCc2ccc(CN3CCCCC3)cc2)cc(OC)c1OC. The molecule has 1 saturated heterocycles. The van der Waals surface area contributed by atoms with Crippen LogP contribution in [0.3, 0.4) is 0 Å². The van der Waals surface area contributed by atoms with E-state index in [9.17, 15) is 4.79 Å². The fourth-order valence-electron chi connectivity index (χ4n) is 3.90. The monoisotopic (exact) mass is 408 g/mol. The minimum Gasteiger partial charge on any atom is -0.493 e. The summed E-state index contributed by atoms with van der Waals surface area (Å²) in [5.74, 6) is 1.04. The predicted octanol–water partition coefficient (Wildman–Crippen LogP) is 4.35. The highest BCUT2D eigenvalue weighted by Crippen LogP contribution is 2.33. The number of nitrogens with one attached hydrogen (secondary N) is 1. The van der Waals surface area contributed by atoms with Crippen molar-refractivity contribution < 1.29 is 14.3 Å². The first-order valence-corrected chi connectivity index (χ1v) is 10.6. The Balaban J connectivity index is 1.62. The summed E-state index contributed by atoms with van der Waals surface area (Å²) < 4.78 is 10.9. The van der Waals surface area contributed by atoms with Crippen molar-refractivity contribution in [3.05, 3.63) is 71.3 Å². The number of allylic oxidation sites excluding steroid dienone is 1. The summed E-state index contributed by atoms with van der Waals surface area (Å²) >= 11 is 0. The van der Waals surface area contributed by atoms with Crippen molar-refractivity contribution in [2.75, 3.05) is 27.3 Å². The molecule has 0 spiro atoms. The number of hydrogen-bond donors (Lipinski definition) is 1. The highest BCUT2D eigenvalue weighted by molar-refractivity contribution is 5.95. The second-order valence-electron chi connectivity index (χ2n) is 7.70. The van der Waals surface area contributed by atoms with E-state index in [1.165, 1.54) is 37.9 Å². The summed E-state index contributed by atoms with van der Waals surface area (Å²) in [7, 11) is 3.17. The molecule has 0 aliphatic carbocycles. The van der Waals surface area contributed by atoms with Gasteiger partial charge in [0.2, 0.25) is 0 Å². The molecule has 5 heteroatoms. The molecule has 1 amide bonds. The first kappa shape index (κ1) is 21.9. The van der Waals surface area contributed by atoms with Crippen LogP contribution in [-0.2, 0) is 19.5 Å². The number of ether oxygens (including phenoxy) is 2. The Kier molecular flexibility index (Phi) is 7.91. The molecule has 2 aromatic rings. The van der Waals surface area contributed by atoms with E-state index in [4.69, 9.17) is 9.47 Å². The van der Waals surface area contributed by atoms with E-state index < -0.39 is 0 Å². The fourth-order valence-corrected chi connectivity index (χ4v) is 3.90. The number of carbonyl (C=O) groups is 1. The van der Waals surface area contributed by atoms with Crippen LogP contribution in [0.2, 0.25) is 0 Å². The number of rotatable bonds is 9. The van der Waals surface area contributed by atoms with E-state index in [2.05, 4.69) is 41.1 Å². The van der Waals surface area contributed by atoms with Gasteiger partial charge < -0.3 is 14.8 Å². The smallest absolute Gasteiger partial charge is 0.251 e. The molecule has 30 heavy (non-hydrogen) atoms. The van der Waals surface area contributed by atoms with Gasteiger partial charge in [0.1, 0.15) is 0 Å². The van der Waals surface area contributed by atoms with Crippen LogP contribution in [0.5, 0.6) is 11.5 Å². The number of methoxy groups -OCH3 is 2. The first-order valence-electron chi connectivity index (χ1n) is 10.6. The second-order valence-corrected chi connectivity index (χ2v) is 7.70. The number of likely N-dealkylation sites (tertiary alicyclic amines) is 1. The van der Waals surface area contributed by atoms with Crippen molar-refractivity contribution in [1.82, 2.24) is 10.2 Å². The van der Waals surface area contributed by atoms with E-state index >= 15 is 0 Å². The van der Waals surface area contributed by atoms with E-state index in [1.807, 2.05) is 6.07 Å². The lowest BCUT2D eigenvalue weighted by atomic mass is 10.0. The van der Waals surface area contributed by atoms with E-state index in [-0.39, 0.29) is 5.91 Å². The Morgan fingerprint density at radius 1 is 1.07 bits per heavy atom. The Hall–Kier alpha value is -2.79. The molecule has 0 unspecified atom stereocenters. The standard InChI is InChI=1S/C25H32N2O3/c1-4-8-21-15-22(16-23(29-2)24(21)30-3)25(28)26-17-19-9-11-20(12-10-19)18-27-13-6-5-7-14-27/h4,9-12,15-16H,1,5-8,13-14,17-18H2,2-3H3,(H,26,28).